The monoisotopic (exact) mass is 281 g/mol. The Kier molecular flexibility index (Phi) is 11.4. The van der Waals surface area contributed by atoms with Crippen molar-refractivity contribution < 1.29 is 10.2 Å². The van der Waals surface area contributed by atoms with Crippen LogP contribution in [0.3, 0.4) is 0 Å². The van der Waals surface area contributed by atoms with Gasteiger partial charge >= 0.3 is 0 Å². The molecule has 0 spiro atoms. The van der Waals surface area contributed by atoms with Gasteiger partial charge in [0.05, 0.1) is 13.2 Å². The van der Waals surface area contributed by atoms with E-state index in [0.717, 1.165) is 13.0 Å². The van der Waals surface area contributed by atoms with Crippen molar-refractivity contribution in [1.29, 1.82) is 0 Å². The van der Waals surface area contributed by atoms with E-state index in [-0.39, 0.29) is 13.2 Å². The second-order valence-electron chi connectivity index (χ2n) is 4.78. The van der Waals surface area contributed by atoms with Gasteiger partial charge in [0.1, 0.15) is 0 Å². The zero-order valence-corrected chi connectivity index (χ0v) is 13.5. The van der Waals surface area contributed by atoms with Crippen molar-refractivity contribution in [3.05, 3.63) is 35.4 Å². The molecule has 3 nitrogen and oxygen atoms in total. The van der Waals surface area contributed by atoms with Crippen LogP contribution >= 0.6 is 0 Å². The average Bonchev–Trinajstić information content (AvgIpc) is 2.49. The lowest BCUT2D eigenvalue weighted by Gasteiger charge is -2.21. The third-order valence-electron chi connectivity index (χ3n) is 3.37. The first kappa shape index (κ1) is 19.1. The van der Waals surface area contributed by atoms with Gasteiger partial charge in [0.2, 0.25) is 0 Å². The zero-order valence-electron chi connectivity index (χ0n) is 13.5. The smallest absolute Gasteiger partial charge is 0.0558 e. The lowest BCUT2D eigenvalue weighted by Crippen LogP contribution is -2.29. The van der Waals surface area contributed by atoms with Gasteiger partial charge in [-0.15, -0.1) is 0 Å². The van der Waals surface area contributed by atoms with Gasteiger partial charge in [-0.3, -0.25) is 4.90 Å². The minimum Gasteiger partial charge on any atom is -0.395 e. The summed E-state index contributed by atoms with van der Waals surface area (Å²) in [5, 5.41) is 18.0. The summed E-state index contributed by atoms with van der Waals surface area (Å²) in [6, 6.07) is 8.59. The summed E-state index contributed by atoms with van der Waals surface area (Å²) in [6.07, 6.45) is 1.14. The third-order valence-corrected chi connectivity index (χ3v) is 3.37. The lowest BCUT2D eigenvalue weighted by atomic mass is 9.97. The molecule has 0 saturated carbocycles. The Morgan fingerprint density at radius 3 is 2.20 bits per heavy atom. The van der Waals surface area contributed by atoms with Crippen LogP contribution in [0.15, 0.2) is 24.3 Å². The number of rotatable bonds is 8. The van der Waals surface area contributed by atoms with Gasteiger partial charge in [0.15, 0.2) is 0 Å². The van der Waals surface area contributed by atoms with E-state index in [1.54, 1.807) is 0 Å². The molecule has 0 aliphatic carbocycles. The fraction of sp³-hybridized carbons (Fsp3) is 0.647. The Labute approximate surface area is 124 Å². The highest BCUT2D eigenvalue weighted by molar-refractivity contribution is 5.26. The first-order valence-corrected chi connectivity index (χ1v) is 7.74. The summed E-state index contributed by atoms with van der Waals surface area (Å²) in [4.78, 5) is 2.07. The van der Waals surface area contributed by atoms with Gasteiger partial charge in [-0.25, -0.2) is 0 Å². The molecule has 0 aliphatic heterocycles. The highest BCUT2D eigenvalue weighted by Crippen LogP contribution is 2.20. The summed E-state index contributed by atoms with van der Waals surface area (Å²) in [5.41, 5.74) is 2.61. The zero-order chi connectivity index (χ0) is 15.4. The van der Waals surface area contributed by atoms with E-state index < -0.39 is 0 Å². The molecule has 0 amide bonds. The standard InChI is InChI=1S/C15H25NO2.C2H6/c1-3-13(2)15-6-4-5-14(11-15)12-16(7-9-17)8-10-18;1-2/h4-6,11,13,17-18H,3,7-10,12H2,1-2H3;1-2H3. The van der Waals surface area contributed by atoms with Crippen LogP contribution in [0.5, 0.6) is 0 Å². The fourth-order valence-electron chi connectivity index (χ4n) is 2.04. The Hall–Kier alpha value is -0.900. The Bertz CT molecular complexity index is 336. The summed E-state index contributed by atoms with van der Waals surface area (Å²) in [5.74, 6) is 0.578. The molecule has 0 aliphatic rings. The molecule has 1 atom stereocenters. The van der Waals surface area contributed by atoms with Gasteiger partial charge in [-0.05, 0) is 23.5 Å². The second kappa shape index (κ2) is 11.9. The molecular weight excluding hydrogens is 250 g/mol. The molecule has 3 heteroatoms. The van der Waals surface area contributed by atoms with Crippen molar-refractivity contribution in [3.63, 3.8) is 0 Å². The van der Waals surface area contributed by atoms with E-state index in [9.17, 15) is 0 Å². The summed E-state index contributed by atoms with van der Waals surface area (Å²) < 4.78 is 0. The van der Waals surface area contributed by atoms with Gasteiger partial charge < -0.3 is 10.2 Å². The third kappa shape index (κ3) is 7.04. The van der Waals surface area contributed by atoms with Crippen LogP contribution in [-0.4, -0.2) is 41.4 Å². The Balaban J connectivity index is 0.00000172. The molecule has 116 valence electrons. The molecule has 1 rings (SSSR count). The molecule has 0 radical (unpaired) electrons. The fourth-order valence-corrected chi connectivity index (χ4v) is 2.04. The van der Waals surface area contributed by atoms with E-state index in [4.69, 9.17) is 10.2 Å². The molecule has 0 heterocycles. The number of hydrogen-bond acceptors (Lipinski definition) is 3. The van der Waals surface area contributed by atoms with Crippen LogP contribution in [0.1, 0.15) is 51.2 Å². The van der Waals surface area contributed by atoms with Crippen molar-refractivity contribution >= 4 is 0 Å². The predicted octanol–water partition coefficient (Wildman–Crippen LogP) is 3.01. The van der Waals surface area contributed by atoms with E-state index in [1.165, 1.54) is 11.1 Å². The molecular formula is C17H31NO2. The molecule has 1 aromatic rings. The van der Waals surface area contributed by atoms with Gasteiger partial charge in [-0.1, -0.05) is 52.0 Å². The maximum atomic E-state index is 9.00. The largest absolute Gasteiger partial charge is 0.395 e. The molecule has 20 heavy (non-hydrogen) atoms. The highest BCUT2D eigenvalue weighted by Gasteiger charge is 2.07. The van der Waals surface area contributed by atoms with Crippen molar-refractivity contribution in [2.24, 2.45) is 0 Å². The molecule has 0 fully saturated rings. The van der Waals surface area contributed by atoms with Gasteiger partial charge in [0, 0.05) is 19.6 Å². The van der Waals surface area contributed by atoms with Crippen molar-refractivity contribution in [2.75, 3.05) is 26.3 Å². The number of aliphatic hydroxyl groups excluding tert-OH is 2. The van der Waals surface area contributed by atoms with Gasteiger partial charge in [-0.2, -0.15) is 0 Å². The molecule has 1 aromatic carbocycles. The quantitative estimate of drug-likeness (QED) is 0.770. The number of aliphatic hydroxyl groups is 2. The van der Waals surface area contributed by atoms with E-state index in [0.29, 0.717) is 19.0 Å². The number of benzene rings is 1. The maximum absolute atomic E-state index is 9.00. The van der Waals surface area contributed by atoms with Crippen molar-refractivity contribution in [3.8, 4) is 0 Å². The molecule has 2 N–H and O–H groups in total. The van der Waals surface area contributed by atoms with E-state index in [2.05, 4.69) is 43.0 Å². The van der Waals surface area contributed by atoms with Crippen LogP contribution in [0, 0.1) is 0 Å². The minimum atomic E-state index is 0.130. The minimum absolute atomic E-state index is 0.130. The first-order valence-electron chi connectivity index (χ1n) is 7.74. The van der Waals surface area contributed by atoms with Crippen molar-refractivity contribution in [2.45, 2.75) is 46.6 Å². The SMILES string of the molecule is CC.CCC(C)c1cccc(CN(CCO)CCO)c1. The molecule has 0 bridgehead atoms. The van der Waals surface area contributed by atoms with Crippen LogP contribution < -0.4 is 0 Å². The number of hydrogen-bond donors (Lipinski definition) is 2. The summed E-state index contributed by atoms with van der Waals surface area (Å²) in [6.45, 7) is 10.7. The molecule has 0 saturated heterocycles. The van der Waals surface area contributed by atoms with Crippen LogP contribution in [0.4, 0.5) is 0 Å². The van der Waals surface area contributed by atoms with Crippen LogP contribution in [0.25, 0.3) is 0 Å². The van der Waals surface area contributed by atoms with E-state index >= 15 is 0 Å². The summed E-state index contributed by atoms with van der Waals surface area (Å²) >= 11 is 0. The molecule has 0 aromatic heterocycles. The maximum Gasteiger partial charge on any atom is 0.0558 e. The second-order valence-corrected chi connectivity index (χ2v) is 4.78. The van der Waals surface area contributed by atoms with Crippen molar-refractivity contribution in [1.82, 2.24) is 4.90 Å². The van der Waals surface area contributed by atoms with Crippen LogP contribution in [0.2, 0.25) is 0 Å². The Morgan fingerprint density at radius 2 is 1.70 bits per heavy atom. The van der Waals surface area contributed by atoms with Crippen LogP contribution in [-0.2, 0) is 6.54 Å². The van der Waals surface area contributed by atoms with E-state index in [1.807, 2.05) is 13.8 Å². The Morgan fingerprint density at radius 1 is 1.10 bits per heavy atom. The van der Waals surface area contributed by atoms with Gasteiger partial charge in [0.25, 0.3) is 0 Å². The highest BCUT2D eigenvalue weighted by atomic mass is 16.3. The predicted molar refractivity (Wildman–Crippen MR) is 85.9 cm³/mol. The first-order chi connectivity index (χ1) is 9.71. The average molecular weight is 281 g/mol. The number of nitrogens with zero attached hydrogens (tertiary/aromatic N) is 1. The topological polar surface area (TPSA) is 43.7 Å². The summed E-state index contributed by atoms with van der Waals surface area (Å²) in [7, 11) is 0. The lowest BCUT2D eigenvalue weighted by molar-refractivity contribution is 0.156. The molecule has 1 unspecified atom stereocenters. The normalized spacial score (nSPS) is 11.9.